The van der Waals surface area contributed by atoms with E-state index in [1.54, 1.807) is 0 Å². The van der Waals surface area contributed by atoms with Crippen LogP contribution in [-0.4, -0.2) is 22.5 Å². The first kappa shape index (κ1) is 17.2. The number of aromatic nitrogens is 1. The third kappa shape index (κ3) is 4.95. The lowest BCUT2D eigenvalue weighted by Crippen LogP contribution is -2.37. The first-order chi connectivity index (χ1) is 10.6. The van der Waals surface area contributed by atoms with Gasteiger partial charge < -0.3 is 0 Å². The predicted octanol–water partition coefficient (Wildman–Crippen LogP) is 5.19. The molecule has 0 aromatic carbocycles. The van der Waals surface area contributed by atoms with Crippen molar-refractivity contribution in [3.8, 4) is 0 Å². The monoisotopic (exact) mass is 300 g/mol. The number of hydrogen-bond donors (Lipinski definition) is 0. The Bertz CT molecular complexity index is 498. The van der Waals surface area contributed by atoms with Gasteiger partial charge in [-0.15, -0.1) is 0 Å². The zero-order chi connectivity index (χ0) is 15.9. The molecular weight excluding hydrogens is 268 g/mol. The standard InChI is InChI=1S/C20H32N2/c1-5-16(2)11-12-22(19-9-7-6-8-10-19)15-20-18(4)13-17(3)14-21-20/h5,13-14,19H,6-12,15H2,1-4H3/b16-5-. The molecule has 1 aliphatic rings. The summed E-state index contributed by atoms with van der Waals surface area (Å²) < 4.78 is 0. The van der Waals surface area contributed by atoms with E-state index in [0.29, 0.717) is 0 Å². The third-order valence-electron chi connectivity index (χ3n) is 5.05. The molecule has 22 heavy (non-hydrogen) atoms. The van der Waals surface area contributed by atoms with Crippen LogP contribution in [0.4, 0.5) is 0 Å². The van der Waals surface area contributed by atoms with Gasteiger partial charge in [-0.25, -0.2) is 0 Å². The first-order valence-electron chi connectivity index (χ1n) is 8.88. The summed E-state index contributed by atoms with van der Waals surface area (Å²) in [6.45, 7) is 10.9. The number of aryl methyl sites for hydroxylation is 2. The molecule has 122 valence electrons. The normalized spacial score (nSPS) is 17.2. The van der Waals surface area contributed by atoms with Gasteiger partial charge in [0.1, 0.15) is 0 Å². The minimum Gasteiger partial charge on any atom is -0.294 e. The Labute approximate surface area is 136 Å². The van der Waals surface area contributed by atoms with E-state index in [0.717, 1.165) is 19.1 Å². The fraction of sp³-hybridized carbons (Fsp3) is 0.650. The SMILES string of the molecule is C/C=C(/C)CCN(Cc1ncc(C)cc1C)C1CCCCC1. The minimum absolute atomic E-state index is 0.751. The van der Waals surface area contributed by atoms with Crippen LogP contribution in [0.25, 0.3) is 0 Å². The van der Waals surface area contributed by atoms with Crippen LogP contribution in [-0.2, 0) is 6.54 Å². The van der Waals surface area contributed by atoms with Crippen molar-refractivity contribution in [1.29, 1.82) is 0 Å². The Morgan fingerprint density at radius 2 is 2.00 bits per heavy atom. The zero-order valence-electron chi connectivity index (χ0n) is 14.9. The summed E-state index contributed by atoms with van der Waals surface area (Å²) in [4.78, 5) is 7.39. The van der Waals surface area contributed by atoms with Crippen LogP contribution in [0.2, 0.25) is 0 Å². The lowest BCUT2D eigenvalue weighted by molar-refractivity contribution is 0.147. The number of pyridine rings is 1. The molecule has 1 aromatic heterocycles. The summed E-state index contributed by atoms with van der Waals surface area (Å²) in [6, 6.07) is 3.01. The van der Waals surface area contributed by atoms with Gasteiger partial charge in [0.2, 0.25) is 0 Å². The van der Waals surface area contributed by atoms with Crippen LogP contribution in [0.15, 0.2) is 23.9 Å². The molecule has 0 bridgehead atoms. The average Bonchev–Trinajstić information content (AvgIpc) is 2.53. The fourth-order valence-corrected chi connectivity index (χ4v) is 3.40. The molecule has 1 saturated carbocycles. The van der Waals surface area contributed by atoms with E-state index in [1.807, 2.05) is 6.20 Å². The Balaban J connectivity index is 2.08. The lowest BCUT2D eigenvalue weighted by Gasteiger charge is -2.34. The van der Waals surface area contributed by atoms with E-state index >= 15 is 0 Å². The van der Waals surface area contributed by atoms with Crippen molar-refractivity contribution in [3.05, 3.63) is 40.7 Å². The molecule has 2 nitrogen and oxygen atoms in total. The number of hydrogen-bond acceptors (Lipinski definition) is 2. The number of allylic oxidation sites excluding steroid dienone is 1. The highest BCUT2D eigenvalue weighted by Crippen LogP contribution is 2.25. The smallest absolute Gasteiger partial charge is 0.0573 e. The third-order valence-corrected chi connectivity index (χ3v) is 5.05. The van der Waals surface area contributed by atoms with Crippen molar-refractivity contribution in [2.45, 2.75) is 78.8 Å². The second-order valence-corrected chi connectivity index (χ2v) is 6.92. The van der Waals surface area contributed by atoms with Gasteiger partial charge in [-0.3, -0.25) is 9.88 Å². The minimum atomic E-state index is 0.751. The highest BCUT2D eigenvalue weighted by molar-refractivity contribution is 5.23. The maximum Gasteiger partial charge on any atom is 0.0573 e. The Hall–Kier alpha value is -1.15. The summed E-state index contributed by atoms with van der Waals surface area (Å²) in [5, 5.41) is 0. The molecule has 0 saturated heterocycles. The summed E-state index contributed by atoms with van der Waals surface area (Å²) in [7, 11) is 0. The molecule has 0 atom stereocenters. The fourth-order valence-electron chi connectivity index (χ4n) is 3.40. The summed E-state index contributed by atoms with van der Waals surface area (Å²) in [5.74, 6) is 0. The van der Waals surface area contributed by atoms with Crippen LogP contribution >= 0.6 is 0 Å². The van der Waals surface area contributed by atoms with Crippen LogP contribution in [0, 0.1) is 13.8 Å². The largest absolute Gasteiger partial charge is 0.294 e. The predicted molar refractivity (Wildman–Crippen MR) is 95.0 cm³/mol. The molecule has 1 heterocycles. The van der Waals surface area contributed by atoms with Crippen molar-refractivity contribution in [3.63, 3.8) is 0 Å². The quantitative estimate of drug-likeness (QED) is 0.672. The molecule has 0 amide bonds. The van der Waals surface area contributed by atoms with Gasteiger partial charge in [0.25, 0.3) is 0 Å². The molecule has 1 aliphatic carbocycles. The van der Waals surface area contributed by atoms with E-state index in [9.17, 15) is 0 Å². The van der Waals surface area contributed by atoms with E-state index < -0.39 is 0 Å². The van der Waals surface area contributed by atoms with Crippen LogP contribution in [0.1, 0.15) is 69.2 Å². The summed E-state index contributed by atoms with van der Waals surface area (Å²) >= 11 is 0. The van der Waals surface area contributed by atoms with Crippen molar-refractivity contribution < 1.29 is 0 Å². The Kier molecular flexibility index (Phi) is 6.63. The number of rotatable bonds is 6. The molecule has 2 heteroatoms. The molecular formula is C20H32N2. The van der Waals surface area contributed by atoms with Crippen molar-refractivity contribution >= 4 is 0 Å². The van der Waals surface area contributed by atoms with Gasteiger partial charge in [-0.05, 0) is 58.1 Å². The van der Waals surface area contributed by atoms with E-state index in [4.69, 9.17) is 4.98 Å². The first-order valence-corrected chi connectivity index (χ1v) is 8.88. The zero-order valence-corrected chi connectivity index (χ0v) is 14.9. The molecule has 1 fully saturated rings. The van der Waals surface area contributed by atoms with E-state index in [1.165, 1.54) is 60.9 Å². The summed E-state index contributed by atoms with van der Waals surface area (Å²) in [5.41, 5.74) is 5.35. The average molecular weight is 300 g/mol. The second-order valence-electron chi connectivity index (χ2n) is 6.92. The molecule has 0 unspecified atom stereocenters. The molecule has 0 spiro atoms. The van der Waals surface area contributed by atoms with Crippen LogP contribution in [0.5, 0.6) is 0 Å². The Morgan fingerprint density at radius 1 is 1.27 bits per heavy atom. The molecule has 0 N–H and O–H groups in total. The second kappa shape index (κ2) is 8.47. The van der Waals surface area contributed by atoms with Crippen LogP contribution in [0.3, 0.4) is 0 Å². The van der Waals surface area contributed by atoms with Crippen molar-refractivity contribution in [1.82, 2.24) is 9.88 Å². The maximum absolute atomic E-state index is 4.70. The molecule has 1 aromatic rings. The van der Waals surface area contributed by atoms with Gasteiger partial charge in [-0.1, -0.05) is 37.0 Å². The van der Waals surface area contributed by atoms with Gasteiger partial charge >= 0.3 is 0 Å². The Morgan fingerprint density at radius 3 is 2.64 bits per heavy atom. The van der Waals surface area contributed by atoms with Gasteiger partial charge in [-0.2, -0.15) is 0 Å². The number of nitrogens with zero attached hydrogens (tertiary/aromatic N) is 2. The highest BCUT2D eigenvalue weighted by atomic mass is 15.2. The van der Waals surface area contributed by atoms with Gasteiger partial charge in [0.15, 0.2) is 0 Å². The highest BCUT2D eigenvalue weighted by Gasteiger charge is 2.21. The molecule has 0 radical (unpaired) electrons. The molecule has 2 rings (SSSR count). The van der Waals surface area contributed by atoms with Crippen LogP contribution < -0.4 is 0 Å². The van der Waals surface area contributed by atoms with E-state index in [-0.39, 0.29) is 0 Å². The van der Waals surface area contributed by atoms with Gasteiger partial charge in [0.05, 0.1) is 5.69 Å². The maximum atomic E-state index is 4.70. The lowest BCUT2D eigenvalue weighted by atomic mass is 9.93. The van der Waals surface area contributed by atoms with Crippen molar-refractivity contribution in [2.75, 3.05) is 6.54 Å². The van der Waals surface area contributed by atoms with Crippen molar-refractivity contribution in [2.24, 2.45) is 0 Å². The summed E-state index contributed by atoms with van der Waals surface area (Å²) in [6.07, 6.45) is 12.4. The topological polar surface area (TPSA) is 16.1 Å². The molecule has 0 aliphatic heterocycles. The van der Waals surface area contributed by atoms with E-state index in [2.05, 4.69) is 44.7 Å². The van der Waals surface area contributed by atoms with Gasteiger partial charge in [0, 0.05) is 25.3 Å².